The number of aliphatic hydroxyl groups is 4. The van der Waals surface area contributed by atoms with Gasteiger partial charge in [0.15, 0.2) is 11.9 Å². The van der Waals surface area contributed by atoms with E-state index in [1.807, 2.05) is 0 Å². The van der Waals surface area contributed by atoms with Crippen molar-refractivity contribution in [1.29, 1.82) is 0 Å². The molecule has 1 saturated heterocycles. The minimum atomic E-state index is -2.31. The molecular weight excluding hydrogens is 306 g/mol. The van der Waals surface area contributed by atoms with Crippen LogP contribution in [0.1, 0.15) is 12.0 Å². The number of aliphatic hydroxyl groups excluding tert-OH is 3. The van der Waals surface area contributed by atoms with Crippen molar-refractivity contribution in [2.75, 3.05) is 0 Å². The Labute approximate surface area is 132 Å². The Bertz CT molecular complexity index is 605. The van der Waals surface area contributed by atoms with E-state index in [9.17, 15) is 30.3 Å². The van der Waals surface area contributed by atoms with Gasteiger partial charge in [-0.1, -0.05) is 30.4 Å². The number of hydrogen-bond acceptors (Lipinski definition) is 7. The summed E-state index contributed by atoms with van der Waals surface area (Å²) in [5.41, 5.74) is 5.51. The van der Waals surface area contributed by atoms with Gasteiger partial charge >= 0.3 is 0 Å². The molecule has 1 aliphatic heterocycles. The molecule has 1 heterocycles. The van der Waals surface area contributed by atoms with Crippen molar-refractivity contribution >= 4 is 12.0 Å². The first-order valence-corrected chi connectivity index (χ1v) is 6.94. The molecule has 8 heteroatoms. The van der Waals surface area contributed by atoms with Crippen LogP contribution >= 0.6 is 0 Å². The third-order valence-corrected chi connectivity index (χ3v) is 3.70. The van der Waals surface area contributed by atoms with E-state index in [1.54, 1.807) is 18.2 Å². The number of carbonyl (C=O) groups is 1. The van der Waals surface area contributed by atoms with Crippen molar-refractivity contribution in [1.82, 2.24) is 0 Å². The number of phenolic OH excluding ortho intramolecular Hbond substituents is 1. The summed E-state index contributed by atoms with van der Waals surface area (Å²) in [5.74, 6) is -3.36. The van der Waals surface area contributed by atoms with E-state index in [0.717, 1.165) is 0 Å². The van der Waals surface area contributed by atoms with Crippen LogP contribution in [-0.2, 0) is 9.53 Å². The molecule has 5 atom stereocenters. The van der Waals surface area contributed by atoms with Gasteiger partial charge in [0.25, 0.3) is 0 Å². The highest BCUT2D eigenvalue weighted by atomic mass is 16.7. The number of amides is 1. The van der Waals surface area contributed by atoms with Crippen LogP contribution in [0.2, 0.25) is 0 Å². The maximum Gasteiger partial charge on any atom is 0.249 e. The molecule has 0 saturated carbocycles. The van der Waals surface area contributed by atoms with Crippen LogP contribution in [0.4, 0.5) is 0 Å². The highest BCUT2D eigenvalue weighted by Crippen LogP contribution is 2.31. The fourth-order valence-corrected chi connectivity index (χ4v) is 2.37. The molecule has 0 aliphatic carbocycles. The lowest BCUT2D eigenvalue weighted by atomic mass is 9.90. The van der Waals surface area contributed by atoms with Crippen LogP contribution < -0.4 is 5.73 Å². The highest BCUT2D eigenvalue weighted by Gasteiger charge is 2.53. The second-order valence-electron chi connectivity index (χ2n) is 5.38. The lowest BCUT2D eigenvalue weighted by Crippen LogP contribution is -2.66. The Morgan fingerprint density at radius 1 is 1.26 bits per heavy atom. The average Bonchev–Trinajstić information content (AvgIpc) is 2.51. The monoisotopic (exact) mass is 325 g/mol. The number of rotatable bonds is 4. The van der Waals surface area contributed by atoms with E-state index < -0.39 is 36.1 Å². The zero-order chi connectivity index (χ0) is 17.2. The number of hydrogen-bond donors (Lipinski definition) is 6. The summed E-state index contributed by atoms with van der Waals surface area (Å²) < 4.78 is 5.01. The van der Waals surface area contributed by atoms with Gasteiger partial charge in [0.2, 0.25) is 5.91 Å². The first kappa shape index (κ1) is 17.4. The van der Waals surface area contributed by atoms with Crippen molar-refractivity contribution in [2.24, 2.45) is 5.73 Å². The lowest BCUT2D eigenvalue weighted by molar-refractivity contribution is -0.336. The zero-order valence-electron chi connectivity index (χ0n) is 12.1. The maximum absolute atomic E-state index is 11.2. The number of para-hydroxylation sites is 1. The molecule has 1 aromatic rings. The van der Waals surface area contributed by atoms with Crippen LogP contribution in [0.3, 0.4) is 0 Å². The predicted octanol–water partition coefficient (Wildman–Crippen LogP) is -1.55. The van der Waals surface area contributed by atoms with Gasteiger partial charge in [-0.25, -0.2) is 0 Å². The fourth-order valence-electron chi connectivity index (χ4n) is 2.37. The molecule has 23 heavy (non-hydrogen) atoms. The number of phenols is 1. The number of primary amides is 1. The first-order valence-electron chi connectivity index (χ1n) is 6.94. The molecule has 0 unspecified atom stereocenters. The second kappa shape index (κ2) is 6.65. The molecule has 7 N–H and O–H groups in total. The summed E-state index contributed by atoms with van der Waals surface area (Å²) in [5, 5.41) is 49.3. The molecular formula is C15H19NO7. The SMILES string of the molecule is NC(=O)[C@H]1O[C@](O)(C/C=C/c2ccccc2O)[C@H](O)[C@@H](O)[C@@H]1O. The predicted molar refractivity (Wildman–Crippen MR) is 78.8 cm³/mol. The van der Waals surface area contributed by atoms with Crippen molar-refractivity contribution in [3.05, 3.63) is 35.9 Å². The van der Waals surface area contributed by atoms with E-state index in [0.29, 0.717) is 5.56 Å². The number of benzene rings is 1. The summed E-state index contributed by atoms with van der Waals surface area (Å²) in [6, 6.07) is 6.44. The standard InChI is InChI=1S/C15H19NO7/c16-14(21)12-10(18)11(19)13(20)15(22,23-12)7-3-5-8-4-1-2-6-9(8)17/h1-6,10-13,17-20,22H,7H2,(H2,16,21)/b5-3+/t10-,11-,12-,13+,15+/m0/s1. The molecule has 0 radical (unpaired) electrons. The number of carbonyl (C=O) groups excluding carboxylic acids is 1. The van der Waals surface area contributed by atoms with Gasteiger partial charge in [-0.2, -0.15) is 0 Å². The Kier molecular flexibility index (Phi) is 5.03. The van der Waals surface area contributed by atoms with E-state index in [-0.39, 0.29) is 12.2 Å². The molecule has 0 aromatic heterocycles. The second-order valence-corrected chi connectivity index (χ2v) is 5.38. The van der Waals surface area contributed by atoms with Gasteiger partial charge in [0.1, 0.15) is 24.1 Å². The van der Waals surface area contributed by atoms with Crippen LogP contribution in [0, 0.1) is 0 Å². The summed E-state index contributed by atoms with van der Waals surface area (Å²) in [4.78, 5) is 11.2. The zero-order valence-corrected chi connectivity index (χ0v) is 12.1. The molecule has 1 aliphatic rings. The highest BCUT2D eigenvalue weighted by molar-refractivity contribution is 5.79. The van der Waals surface area contributed by atoms with Crippen LogP contribution in [0.25, 0.3) is 6.08 Å². The van der Waals surface area contributed by atoms with Crippen molar-refractivity contribution < 1.29 is 35.1 Å². The van der Waals surface area contributed by atoms with E-state index in [2.05, 4.69) is 0 Å². The van der Waals surface area contributed by atoms with Crippen molar-refractivity contribution in [3.63, 3.8) is 0 Å². The summed E-state index contributed by atoms with van der Waals surface area (Å²) >= 11 is 0. The number of nitrogens with two attached hydrogens (primary N) is 1. The Morgan fingerprint density at radius 2 is 1.91 bits per heavy atom. The molecule has 1 fully saturated rings. The quantitative estimate of drug-likeness (QED) is 0.392. The number of aromatic hydroxyl groups is 1. The molecule has 2 rings (SSSR count). The minimum absolute atomic E-state index is 0.0197. The van der Waals surface area contributed by atoms with Gasteiger partial charge in [-0.15, -0.1) is 0 Å². The lowest BCUT2D eigenvalue weighted by Gasteiger charge is -2.44. The smallest absolute Gasteiger partial charge is 0.249 e. The Balaban J connectivity index is 2.16. The summed E-state index contributed by atoms with van der Waals surface area (Å²) in [6.07, 6.45) is -4.49. The van der Waals surface area contributed by atoms with Crippen LogP contribution in [0.5, 0.6) is 5.75 Å². The first-order chi connectivity index (χ1) is 10.8. The molecule has 0 spiro atoms. The fraction of sp³-hybridized carbons (Fsp3) is 0.400. The molecule has 8 nitrogen and oxygen atoms in total. The van der Waals surface area contributed by atoms with Crippen LogP contribution in [0.15, 0.2) is 30.3 Å². The molecule has 1 amide bonds. The van der Waals surface area contributed by atoms with E-state index in [4.69, 9.17) is 10.5 Å². The van der Waals surface area contributed by atoms with Gasteiger partial charge in [0.05, 0.1) is 0 Å². The summed E-state index contributed by atoms with van der Waals surface area (Å²) in [7, 11) is 0. The third kappa shape index (κ3) is 3.52. The maximum atomic E-state index is 11.2. The van der Waals surface area contributed by atoms with E-state index >= 15 is 0 Å². The largest absolute Gasteiger partial charge is 0.507 e. The summed E-state index contributed by atoms with van der Waals surface area (Å²) in [6.45, 7) is 0. The van der Waals surface area contributed by atoms with Gasteiger partial charge in [-0.3, -0.25) is 4.79 Å². The Morgan fingerprint density at radius 3 is 2.52 bits per heavy atom. The van der Waals surface area contributed by atoms with Crippen molar-refractivity contribution in [2.45, 2.75) is 36.6 Å². The van der Waals surface area contributed by atoms with Gasteiger partial charge < -0.3 is 36.0 Å². The van der Waals surface area contributed by atoms with Gasteiger partial charge in [-0.05, 0) is 6.07 Å². The molecule has 1 aromatic carbocycles. The number of ether oxygens (including phenoxy) is 1. The third-order valence-electron chi connectivity index (χ3n) is 3.70. The van der Waals surface area contributed by atoms with Crippen LogP contribution in [-0.4, -0.2) is 61.6 Å². The van der Waals surface area contributed by atoms with Crippen molar-refractivity contribution in [3.8, 4) is 5.75 Å². The average molecular weight is 325 g/mol. The topological polar surface area (TPSA) is 153 Å². The molecule has 126 valence electrons. The Hall–Kier alpha value is -1.97. The van der Waals surface area contributed by atoms with Gasteiger partial charge in [0, 0.05) is 12.0 Å². The normalized spacial score (nSPS) is 34.6. The van der Waals surface area contributed by atoms with E-state index in [1.165, 1.54) is 18.2 Å². The minimum Gasteiger partial charge on any atom is -0.507 e. The molecule has 0 bridgehead atoms.